The van der Waals surface area contributed by atoms with Gasteiger partial charge in [0, 0.05) is 12.6 Å². The highest BCUT2D eigenvalue weighted by Gasteiger charge is 2.10. The standard InChI is InChI=1S/C10H8FN3O2S/c1-14-9(16)12-13-10(14)17-8-3-2-6(5-15)4-7(8)11/h2-5H,1H3,(H,12,16). The number of hydrogen-bond acceptors (Lipinski definition) is 4. The Morgan fingerprint density at radius 2 is 2.29 bits per heavy atom. The molecule has 0 aliphatic carbocycles. The van der Waals surface area contributed by atoms with Crippen LogP contribution in [0.5, 0.6) is 0 Å². The molecule has 1 aromatic carbocycles. The fourth-order valence-electron chi connectivity index (χ4n) is 1.20. The van der Waals surface area contributed by atoms with Gasteiger partial charge in [0.1, 0.15) is 12.1 Å². The Hall–Kier alpha value is -1.89. The SMILES string of the molecule is Cn1c(Sc2ccc(C=O)cc2F)n[nH]c1=O. The Bertz CT molecular complexity index is 620. The minimum Gasteiger partial charge on any atom is -0.298 e. The average molecular weight is 253 g/mol. The molecule has 0 radical (unpaired) electrons. The predicted octanol–water partition coefficient (Wildman–Crippen LogP) is 1.21. The quantitative estimate of drug-likeness (QED) is 0.835. The summed E-state index contributed by atoms with van der Waals surface area (Å²) in [6.45, 7) is 0. The second-order valence-corrected chi connectivity index (χ2v) is 4.29. The summed E-state index contributed by atoms with van der Waals surface area (Å²) in [5.41, 5.74) is -0.0970. The van der Waals surface area contributed by atoms with Crippen LogP contribution in [0, 0.1) is 5.82 Å². The number of carbonyl (C=O) groups is 1. The van der Waals surface area contributed by atoms with Gasteiger partial charge in [0.05, 0.1) is 4.90 Å². The zero-order valence-corrected chi connectivity index (χ0v) is 9.62. The van der Waals surface area contributed by atoms with E-state index in [1.165, 1.54) is 23.7 Å². The van der Waals surface area contributed by atoms with Gasteiger partial charge >= 0.3 is 5.69 Å². The van der Waals surface area contributed by atoms with Crippen LogP contribution in [0.1, 0.15) is 10.4 Å². The Kier molecular flexibility index (Phi) is 3.10. The molecule has 0 atom stereocenters. The molecule has 0 fully saturated rings. The monoisotopic (exact) mass is 253 g/mol. The van der Waals surface area contributed by atoms with Gasteiger partial charge in [0.25, 0.3) is 0 Å². The molecular formula is C10H8FN3O2S. The number of benzene rings is 1. The molecular weight excluding hydrogens is 245 g/mol. The van der Waals surface area contributed by atoms with Crippen molar-refractivity contribution in [3.63, 3.8) is 0 Å². The fourth-order valence-corrected chi connectivity index (χ4v) is 2.00. The molecule has 0 bridgehead atoms. The summed E-state index contributed by atoms with van der Waals surface area (Å²) in [6.07, 6.45) is 0.571. The van der Waals surface area contributed by atoms with Gasteiger partial charge in [-0.3, -0.25) is 9.36 Å². The molecule has 0 aliphatic rings. The highest BCUT2D eigenvalue weighted by Crippen LogP contribution is 2.27. The van der Waals surface area contributed by atoms with Gasteiger partial charge in [0.2, 0.25) is 0 Å². The number of H-pyrrole nitrogens is 1. The van der Waals surface area contributed by atoms with E-state index in [0.29, 0.717) is 16.3 Å². The molecule has 1 aromatic heterocycles. The Labute approximate surface area is 99.7 Å². The minimum atomic E-state index is -0.518. The molecule has 0 saturated carbocycles. The Balaban J connectivity index is 2.33. The van der Waals surface area contributed by atoms with Crippen LogP contribution in [0.3, 0.4) is 0 Å². The fraction of sp³-hybridized carbons (Fsp3) is 0.100. The molecule has 0 spiro atoms. The summed E-state index contributed by atoms with van der Waals surface area (Å²) in [7, 11) is 1.53. The maximum atomic E-state index is 13.6. The number of aromatic nitrogens is 3. The minimum absolute atomic E-state index is 0.266. The smallest absolute Gasteiger partial charge is 0.298 e. The van der Waals surface area contributed by atoms with Crippen LogP contribution in [0.4, 0.5) is 4.39 Å². The first-order valence-electron chi connectivity index (χ1n) is 4.66. The lowest BCUT2D eigenvalue weighted by Gasteiger charge is -2.02. The lowest BCUT2D eigenvalue weighted by atomic mass is 10.2. The molecule has 0 amide bonds. The highest BCUT2D eigenvalue weighted by molar-refractivity contribution is 7.99. The Morgan fingerprint density at radius 3 is 2.82 bits per heavy atom. The largest absolute Gasteiger partial charge is 0.343 e. The molecule has 0 unspecified atom stereocenters. The van der Waals surface area contributed by atoms with Crippen molar-refractivity contribution in [2.75, 3.05) is 0 Å². The Morgan fingerprint density at radius 1 is 1.53 bits per heavy atom. The first-order chi connectivity index (χ1) is 8.11. The van der Waals surface area contributed by atoms with E-state index < -0.39 is 5.82 Å². The molecule has 5 nitrogen and oxygen atoms in total. The molecule has 1 heterocycles. The van der Waals surface area contributed by atoms with Crippen LogP contribution in [0.2, 0.25) is 0 Å². The maximum Gasteiger partial charge on any atom is 0.343 e. The number of aromatic amines is 1. The van der Waals surface area contributed by atoms with E-state index in [4.69, 9.17) is 0 Å². The van der Waals surface area contributed by atoms with E-state index in [-0.39, 0.29) is 11.3 Å². The van der Waals surface area contributed by atoms with Crippen molar-refractivity contribution in [2.24, 2.45) is 7.05 Å². The molecule has 2 aromatic rings. The van der Waals surface area contributed by atoms with Crippen LogP contribution in [0.15, 0.2) is 33.0 Å². The summed E-state index contributed by atoms with van der Waals surface area (Å²) >= 11 is 1.01. The maximum absolute atomic E-state index is 13.6. The van der Waals surface area contributed by atoms with Crippen molar-refractivity contribution in [2.45, 2.75) is 10.1 Å². The summed E-state index contributed by atoms with van der Waals surface area (Å²) in [4.78, 5) is 21.9. The number of hydrogen-bond donors (Lipinski definition) is 1. The summed E-state index contributed by atoms with van der Waals surface area (Å²) < 4.78 is 14.8. The van der Waals surface area contributed by atoms with E-state index in [9.17, 15) is 14.0 Å². The number of nitrogens with zero attached hydrogens (tertiary/aromatic N) is 2. The van der Waals surface area contributed by atoms with Gasteiger partial charge < -0.3 is 0 Å². The third kappa shape index (κ3) is 2.28. The topological polar surface area (TPSA) is 67.8 Å². The number of carbonyl (C=O) groups excluding carboxylic acids is 1. The van der Waals surface area contributed by atoms with Crippen LogP contribution >= 0.6 is 11.8 Å². The molecule has 17 heavy (non-hydrogen) atoms. The summed E-state index contributed by atoms with van der Waals surface area (Å²) in [5, 5.41) is 6.36. The first kappa shape index (κ1) is 11.6. The van der Waals surface area contributed by atoms with Gasteiger partial charge in [-0.05, 0) is 23.9 Å². The third-order valence-corrected chi connectivity index (χ3v) is 3.23. The predicted molar refractivity (Wildman–Crippen MR) is 59.7 cm³/mol. The van der Waals surface area contributed by atoms with Crippen LogP contribution < -0.4 is 5.69 Å². The number of rotatable bonds is 3. The lowest BCUT2D eigenvalue weighted by Crippen LogP contribution is -2.12. The van der Waals surface area contributed by atoms with Gasteiger partial charge in [0.15, 0.2) is 5.16 Å². The van der Waals surface area contributed by atoms with Gasteiger partial charge in [-0.2, -0.15) is 0 Å². The normalized spacial score (nSPS) is 10.5. The van der Waals surface area contributed by atoms with Crippen molar-refractivity contribution in [1.82, 2.24) is 14.8 Å². The van der Waals surface area contributed by atoms with Gasteiger partial charge in [-0.15, -0.1) is 5.10 Å². The first-order valence-corrected chi connectivity index (χ1v) is 5.47. The summed E-state index contributed by atoms with van der Waals surface area (Å²) in [5.74, 6) is -0.518. The van der Waals surface area contributed by atoms with Gasteiger partial charge in [-0.1, -0.05) is 6.07 Å². The average Bonchev–Trinajstić information content (AvgIpc) is 2.63. The number of nitrogens with one attached hydrogen (secondary N) is 1. The molecule has 1 N–H and O–H groups in total. The number of halogens is 1. The van der Waals surface area contributed by atoms with Crippen LogP contribution in [-0.2, 0) is 7.05 Å². The molecule has 88 valence electrons. The van der Waals surface area contributed by atoms with E-state index >= 15 is 0 Å². The van der Waals surface area contributed by atoms with Crippen molar-refractivity contribution in [1.29, 1.82) is 0 Å². The zero-order valence-electron chi connectivity index (χ0n) is 8.81. The third-order valence-electron chi connectivity index (χ3n) is 2.13. The van der Waals surface area contributed by atoms with E-state index in [0.717, 1.165) is 17.8 Å². The van der Waals surface area contributed by atoms with Crippen LogP contribution in [-0.4, -0.2) is 21.1 Å². The molecule has 0 aliphatic heterocycles. The van der Waals surface area contributed by atoms with E-state index in [1.54, 1.807) is 0 Å². The van der Waals surface area contributed by atoms with Crippen LogP contribution in [0.25, 0.3) is 0 Å². The van der Waals surface area contributed by atoms with Crippen molar-refractivity contribution in [3.05, 3.63) is 40.1 Å². The van der Waals surface area contributed by atoms with E-state index in [1.807, 2.05) is 0 Å². The lowest BCUT2D eigenvalue weighted by molar-refractivity contribution is 0.112. The van der Waals surface area contributed by atoms with Gasteiger partial charge in [-0.25, -0.2) is 14.3 Å². The van der Waals surface area contributed by atoms with Crippen molar-refractivity contribution < 1.29 is 9.18 Å². The zero-order chi connectivity index (χ0) is 12.4. The molecule has 7 heteroatoms. The van der Waals surface area contributed by atoms with Crippen molar-refractivity contribution >= 4 is 18.0 Å². The second-order valence-electron chi connectivity index (χ2n) is 3.28. The molecule has 0 saturated heterocycles. The second kappa shape index (κ2) is 4.54. The number of aldehydes is 1. The summed E-state index contributed by atoms with van der Waals surface area (Å²) in [6, 6.07) is 4.12. The highest BCUT2D eigenvalue weighted by atomic mass is 32.2. The van der Waals surface area contributed by atoms with E-state index in [2.05, 4.69) is 10.2 Å². The van der Waals surface area contributed by atoms with Crippen molar-refractivity contribution in [3.8, 4) is 0 Å². The molecule has 2 rings (SSSR count).